The second-order valence-corrected chi connectivity index (χ2v) is 7.21. The fraction of sp³-hybridized carbons (Fsp3) is 0.100. The highest BCUT2D eigenvalue weighted by Crippen LogP contribution is 2.30. The third-order valence-electron chi connectivity index (χ3n) is 4.37. The van der Waals surface area contributed by atoms with Crippen LogP contribution in [-0.2, 0) is 9.59 Å². The molecule has 0 saturated carbocycles. The van der Waals surface area contributed by atoms with Crippen LogP contribution in [0.4, 0.5) is 11.9 Å². The minimum Gasteiger partial charge on any atom is -0.295 e. The molecular formula is C20H15Cl2N5O2. The van der Waals surface area contributed by atoms with E-state index in [9.17, 15) is 9.59 Å². The van der Waals surface area contributed by atoms with Gasteiger partial charge in [0.05, 0.1) is 12.5 Å². The Bertz CT molecular complexity index is 1110. The van der Waals surface area contributed by atoms with Crippen molar-refractivity contribution in [2.75, 3.05) is 10.6 Å². The number of hydrogen-bond acceptors (Lipinski definition) is 4. The highest BCUT2D eigenvalue weighted by Gasteiger charge is 2.29. The van der Waals surface area contributed by atoms with Crippen LogP contribution in [0.3, 0.4) is 0 Å². The molecule has 0 fully saturated rings. The average Bonchev–Trinajstić information content (AvgIpc) is 3.09. The number of anilines is 2. The van der Waals surface area contributed by atoms with Crippen LogP contribution in [0.15, 0.2) is 54.6 Å². The number of carbonyl (C=O) groups is 2. The van der Waals surface area contributed by atoms with Crippen LogP contribution in [0.2, 0.25) is 10.0 Å². The van der Waals surface area contributed by atoms with E-state index in [4.69, 9.17) is 23.2 Å². The highest BCUT2D eigenvalue weighted by molar-refractivity contribution is 6.32. The molecule has 2 aromatic carbocycles. The standard InChI is InChI=1S/C20H15Cl2N5O2/c21-14-8-5-13(6-9-14)16-11-18(29)24-20-25-19(26-27(16)20)23-17(28)10-7-12-3-1-2-4-15(12)22/h1-10,16H,11H2,(H2,23,24,25,26,28,29). The third-order valence-corrected chi connectivity index (χ3v) is 4.96. The highest BCUT2D eigenvalue weighted by atomic mass is 35.5. The van der Waals surface area contributed by atoms with E-state index >= 15 is 0 Å². The summed E-state index contributed by atoms with van der Waals surface area (Å²) in [6, 6.07) is 14.0. The van der Waals surface area contributed by atoms with Crippen molar-refractivity contribution in [2.45, 2.75) is 12.5 Å². The number of rotatable bonds is 4. The number of nitrogens with zero attached hydrogens (tertiary/aromatic N) is 3. The molecule has 1 unspecified atom stereocenters. The summed E-state index contributed by atoms with van der Waals surface area (Å²) in [4.78, 5) is 28.5. The first kappa shape index (κ1) is 19.2. The van der Waals surface area contributed by atoms with Gasteiger partial charge in [-0.25, -0.2) is 4.68 Å². The van der Waals surface area contributed by atoms with Crippen molar-refractivity contribution in [2.24, 2.45) is 0 Å². The molecule has 7 nitrogen and oxygen atoms in total. The number of aromatic nitrogens is 3. The van der Waals surface area contributed by atoms with Gasteiger partial charge in [-0.1, -0.05) is 53.5 Å². The molecule has 0 spiro atoms. The molecule has 2 N–H and O–H groups in total. The second kappa shape index (κ2) is 8.06. The second-order valence-electron chi connectivity index (χ2n) is 6.37. The van der Waals surface area contributed by atoms with Crippen molar-refractivity contribution in [3.05, 3.63) is 75.8 Å². The number of fused-ring (bicyclic) bond motifs is 1. The van der Waals surface area contributed by atoms with Gasteiger partial charge in [0, 0.05) is 16.1 Å². The lowest BCUT2D eigenvalue weighted by molar-refractivity contribution is -0.117. The first-order chi connectivity index (χ1) is 14.0. The number of nitrogens with one attached hydrogen (secondary N) is 2. The minimum absolute atomic E-state index is 0.0926. The van der Waals surface area contributed by atoms with Crippen LogP contribution >= 0.6 is 23.2 Å². The fourth-order valence-corrected chi connectivity index (χ4v) is 3.31. The molecule has 0 aliphatic carbocycles. The predicted octanol–water partition coefficient (Wildman–Crippen LogP) is 4.17. The van der Waals surface area contributed by atoms with Crippen LogP contribution in [0.1, 0.15) is 23.6 Å². The Morgan fingerprint density at radius 1 is 1.17 bits per heavy atom. The number of hydrogen-bond donors (Lipinski definition) is 2. The zero-order valence-corrected chi connectivity index (χ0v) is 16.5. The van der Waals surface area contributed by atoms with Crippen LogP contribution in [0.25, 0.3) is 6.08 Å². The molecule has 0 radical (unpaired) electrons. The maximum Gasteiger partial charge on any atom is 0.250 e. The van der Waals surface area contributed by atoms with E-state index < -0.39 is 5.91 Å². The topological polar surface area (TPSA) is 88.9 Å². The molecule has 2 heterocycles. The van der Waals surface area contributed by atoms with Gasteiger partial charge in [0.15, 0.2) is 0 Å². The molecule has 1 aliphatic rings. The Kier molecular flexibility index (Phi) is 5.33. The summed E-state index contributed by atoms with van der Waals surface area (Å²) in [5.74, 6) is -0.231. The SMILES string of the molecule is O=C(C=Cc1ccccc1Cl)Nc1nc2n(n1)C(c1ccc(Cl)cc1)CC(=O)N2. The third kappa shape index (κ3) is 4.31. The van der Waals surface area contributed by atoms with Crippen molar-refractivity contribution in [3.63, 3.8) is 0 Å². The van der Waals surface area contributed by atoms with Gasteiger partial charge in [-0.2, -0.15) is 4.98 Å². The van der Waals surface area contributed by atoms with E-state index in [-0.39, 0.29) is 30.3 Å². The van der Waals surface area contributed by atoms with Crippen molar-refractivity contribution in [3.8, 4) is 0 Å². The van der Waals surface area contributed by atoms with Gasteiger partial charge >= 0.3 is 0 Å². The van der Waals surface area contributed by atoms with Gasteiger partial charge in [-0.05, 0) is 35.4 Å². The Morgan fingerprint density at radius 3 is 2.69 bits per heavy atom. The van der Waals surface area contributed by atoms with E-state index in [1.165, 1.54) is 6.08 Å². The molecule has 4 rings (SSSR count). The van der Waals surface area contributed by atoms with Gasteiger partial charge in [-0.15, -0.1) is 5.10 Å². The van der Waals surface area contributed by atoms with E-state index in [1.807, 2.05) is 24.3 Å². The Balaban J connectivity index is 1.54. The van der Waals surface area contributed by atoms with Crippen LogP contribution < -0.4 is 10.6 Å². The molecule has 9 heteroatoms. The quantitative estimate of drug-likeness (QED) is 0.611. The lowest BCUT2D eigenvalue weighted by Crippen LogP contribution is -2.29. The Labute approximate surface area is 176 Å². The first-order valence-electron chi connectivity index (χ1n) is 8.75. The number of carbonyl (C=O) groups excluding carboxylic acids is 2. The smallest absolute Gasteiger partial charge is 0.250 e. The first-order valence-corrected chi connectivity index (χ1v) is 9.50. The number of amides is 2. The predicted molar refractivity (Wildman–Crippen MR) is 112 cm³/mol. The molecular weight excluding hydrogens is 413 g/mol. The van der Waals surface area contributed by atoms with Gasteiger partial charge in [-0.3, -0.25) is 20.2 Å². The summed E-state index contributed by atoms with van der Waals surface area (Å²) in [5, 5.41) is 10.8. The van der Waals surface area contributed by atoms with Gasteiger partial charge < -0.3 is 0 Å². The molecule has 0 saturated heterocycles. The fourth-order valence-electron chi connectivity index (χ4n) is 2.99. The van der Waals surface area contributed by atoms with E-state index in [1.54, 1.807) is 35.0 Å². The minimum atomic E-state index is -0.415. The largest absolute Gasteiger partial charge is 0.295 e. The zero-order valence-electron chi connectivity index (χ0n) is 15.0. The Morgan fingerprint density at radius 2 is 1.93 bits per heavy atom. The van der Waals surface area contributed by atoms with Gasteiger partial charge in [0.25, 0.3) is 11.9 Å². The van der Waals surface area contributed by atoms with Crippen molar-refractivity contribution in [1.82, 2.24) is 14.8 Å². The molecule has 1 atom stereocenters. The molecule has 1 aromatic heterocycles. The van der Waals surface area contributed by atoms with Gasteiger partial charge in [0.2, 0.25) is 11.9 Å². The molecule has 3 aromatic rings. The molecule has 146 valence electrons. The summed E-state index contributed by atoms with van der Waals surface area (Å²) >= 11 is 12.0. The van der Waals surface area contributed by atoms with Crippen LogP contribution in [0, 0.1) is 0 Å². The molecule has 0 bridgehead atoms. The summed E-state index contributed by atoms with van der Waals surface area (Å²) in [5.41, 5.74) is 1.59. The summed E-state index contributed by atoms with van der Waals surface area (Å²) in [6.07, 6.45) is 3.15. The van der Waals surface area contributed by atoms with Crippen molar-refractivity contribution < 1.29 is 9.59 Å². The Hall–Kier alpha value is -3.16. The molecule has 1 aliphatic heterocycles. The number of benzene rings is 2. The monoisotopic (exact) mass is 427 g/mol. The lowest BCUT2D eigenvalue weighted by atomic mass is 10.0. The van der Waals surface area contributed by atoms with Crippen LogP contribution in [-0.4, -0.2) is 26.6 Å². The normalized spacial score (nSPS) is 15.8. The maximum atomic E-state index is 12.2. The van der Waals surface area contributed by atoms with E-state index in [2.05, 4.69) is 20.7 Å². The van der Waals surface area contributed by atoms with Crippen LogP contribution in [0.5, 0.6) is 0 Å². The lowest BCUT2D eigenvalue weighted by Gasteiger charge is -2.23. The van der Waals surface area contributed by atoms with Gasteiger partial charge in [0.1, 0.15) is 0 Å². The van der Waals surface area contributed by atoms with E-state index in [0.29, 0.717) is 10.0 Å². The number of halogens is 2. The maximum absolute atomic E-state index is 12.2. The molecule has 29 heavy (non-hydrogen) atoms. The van der Waals surface area contributed by atoms with E-state index in [0.717, 1.165) is 11.1 Å². The van der Waals surface area contributed by atoms with Crippen molar-refractivity contribution in [1.29, 1.82) is 0 Å². The zero-order chi connectivity index (χ0) is 20.4. The molecule has 2 amide bonds. The summed E-state index contributed by atoms with van der Waals surface area (Å²) in [7, 11) is 0. The van der Waals surface area contributed by atoms with Crippen molar-refractivity contribution >= 4 is 53.0 Å². The average molecular weight is 428 g/mol. The summed E-state index contributed by atoms with van der Waals surface area (Å²) < 4.78 is 1.58. The summed E-state index contributed by atoms with van der Waals surface area (Å²) in [6.45, 7) is 0.